The zero-order chi connectivity index (χ0) is 38.5. The molecule has 16 heteroatoms. The molecule has 3 aromatic heterocycles. The van der Waals surface area contributed by atoms with E-state index in [1.165, 1.54) is 0 Å². The van der Waals surface area contributed by atoms with Crippen LogP contribution in [0.25, 0.3) is 11.2 Å². The summed E-state index contributed by atoms with van der Waals surface area (Å²) in [7, 11) is 3.27. The lowest BCUT2D eigenvalue weighted by Crippen LogP contribution is -2.42. The SMILES string of the molecule is CCC(=O)N[C@H]1C[C@@H](n2cnc3c(NCC(c4ccc(OC)cc4)c4ccc(OC)cc4)nc(N4CC[C@@H](NC(=O)Nc5ccncc5)C4)nc32)[C@H](O)[C@@H]1O. The number of ether oxygens (including phenoxy) is 2. The highest BCUT2D eigenvalue weighted by Crippen LogP contribution is 2.36. The quantitative estimate of drug-likeness (QED) is 0.103. The van der Waals surface area contributed by atoms with Crippen molar-refractivity contribution in [2.45, 2.75) is 62.4 Å². The fourth-order valence-electron chi connectivity index (χ4n) is 7.30. The van der Waals surface area contributed by atoms with Gasteiger partial charge >= 0.3 is 6.03 Å². The van der Waals surface area contributed by atoms with Gasteiger partial charge in [-0.25, -0.2) is 9.78 Å². The van der Waals surface area contributed by atoms with Crippen LogP contribution in [0.2, 0.25) is 0 Å². The number of rotatable bonds is 13. The van der Waals surface area contributed by atoms with E-state index >= 15 is 0 Å². The number of hydrogen-bond donors (Lipinski definition) is 6. The maximum Gasteiger partial charge on any atom is 0.319 e. The highest BCUT2D eigenvalue weighted by Gasteiger charge is 2.44. The first-order chi connectivity index (χ1) is 26.7. The van der Waals surface area contributed by atoms with E-state index < -0.39 is 24.3 Å². The third kappa shape index (κ3) is 8.24. The van der Waals surface area contributed by atoms with Crippen LogP contribution >= 0.6 is 0 Å². The van der Waals surface area contributed by atoms with Crippen LogP contribution in [0, 0.1) is 0 Å². The van der Waals surface area contributed by atoms with Crippen LogP contribution in [0.1, 0.15) is 49.3 Å². The maximum atomic E-state index is 12.8. The molecule has 288 valence electrons. The summed E-state index contributed by atoms with van der Waals surface area (Å²) in [5.74, 6) is 2.09. The highest BCUT2D eigenvalue weighted by atomic mass is 16.5. The molecular weight excluding hydrogens is 704 g/mol. The van der Waals surface area contributed by atoms with Gasteiger partial charge in [-0.2, -0.15) is 9.97 Å². The lowest BCUT2D eigenvalue weighted by molar-refractivity contribution is -0.122. The predicted molar refractivity (Wildman–Crippen MR) is 207 cm³/mol. The number of carbonyl (C=O) groups is 2. The second-order valence-corrected chi connectivity index (χ2v) is 13.8. The molecule has 6 N–H and O–H groups in total. The molecule has 3 amide bonds. The molecule has 1 saturated carbocycles. The number of aliphatic hydroxyl groups is 2. The number of urea groups is 1. The van der Waals surface area contributed by atoms with Crippen molar-refractivity contribution in [2.75, 3.05) is 49.4 Å². The standard InChI is InChI=1S/C39H46N10O6/c1-4-32(50)45-30-19-31(35(52)34(30)51)49-22-42-33-36(41-20-29(23-5-9-27(54-2)10-6-23)24-7-11-28(55-3)12-8-24)46-38(47-37(33)49)48-18-15-26(21-48)44-39(53)43-25-13-16-40-17-14-25/h5-14,16-17,22,26,29-31,34-35,51-52H,4,15,18-21H2,1-3H3,(H,45,50)(H,41,46,47)(H2,40,43,44,53)/t26-,30+,31-,34-,35+/m1/s1. The average molecular weight is 751 g/mol. The maximum absolute atomic E-state index is 12.8. The van der Waals surface area contributed by atoms with Gasteiger partial charge in [-0.05, 0) is 60.4 Å². The van der Waals surface area contributed by atoms with Crippen LogP contribution in [0.15, 0.2) is 79.4 Å². The molecule has 1 aliphatic carbocycles. The Kier molecular flexibility index (Phi) is 11.2. The fourth-order valence-corrected chi connectivity index (χ4v) is 7.30. The Hall–Kier alpha value is -6.00. The van der Waals surface area contributed by atoms with Crippen LogP contribution in [-0.4, -0.2) is 105 Å². The van der Waals surface area contributed by atoms with Gasteiger partial charge in [0, 0.05) is 56.1 Å². The molecule has 2 aromatic carbocycles. The first kappa shape index (κ1) is 37.3. The Morgan fingerprint density at radius 2 is 1.58 bits per heavy atom. The molecule has 5 atom stereocenters. The molecule has 2 fully saturated rings. The molecule has 1 saturated heterocycles. The lowest BCUT2D eigenvalue weighted by Gasteiger charge is -2.22. The van der Waals surface area contributed by atoms with Crippen LogP contribution in [0.3, 0.4) is 0 Å². The van der Waals surface area contributed by atoms with Crippen molar-refractivity contribution in [3.05, 3.63) is 90.5 Å². The Balaban J connectivity index is 1.20. The van der Waals surface area contributed by atoms with Crippen molar-refractivity contribution in [3.63, 3.8) is 0 Å². The van der Waals surface area contributed by atoms with Crippen LogP contribution in [0.5, 0.6) is 11.5 Å². The van der Waals surface area contributed by atoms with Crippen LogP contribution in [0.4, 0.5) is 22.2 Å². The number of pyridine rings is 1. The van der Waals surface area contributed by atoms with E-state index in [1.54, 1.807) is 56.6 Å². The number of aliphatic hydroxyl groups excluding tert-OH is 2. The van der Waals surface area contributed by atoms with Gasteiger partial charge in [0.1, 0.15) is 23.7 Å². The van der Waals surface area contributed by atoms with E-state index in [0.29, 0.717) is 54.7 Å². The number of nitrogens with one attached hydrogen (secondary N) is 4. The van der Waals surface area contributed by atoms with Crippen molar-refractivity contribution >= 4 is 40.6 Å². The number of hydrogen-bond acceptors (Lipinski definition) is 12. The third-order valence-corrected chi connectivity index (χ3v) is 10.3. The second kappa shape index (κ2) is 16.6. The van der Waals surface area contributed by atoms with Crippen molar-refractivity contribution < 1.29 is 29.3 Å². The number of imidazole rings is 1. The van der Waals surface area contributed by atoms with E-state index in [-0.39, 0.29) is 36.7 Å². The average Bonchev–Trinajstić information content (AvgIpc) is 3.93. The summed E-state index contributed by atoms with van der Waals surface area (Å²) in [5.41, 5.74) is 3.69. The van der Waals surface area contributed by atoms with E-state index in [2.05, 4.69) is 26.3 Å². The summed E-state index contributed by atoms with van der Waals surface area (Å²) in [6.07, 6.45) is 3.67. The van der Waals surface area contributed by atoms with Crippen molar-refractivity contribution in [1.29, 1.82) is 0 Å². The number of anilines is 3. The first-order valence-electron chi connectivity index (χ1n) is 18.4. The van der Waals surface area contributed by atoms with Gasteiger partial charge in [0.15, 0.2) is 17.0 Å². The van der Waals surface area contributed by atoms with E-state index in [4.69, 9.17) is 24.4 Å². The van der Waals surface area contributed by atoms with Crippen molar-refractivity contribution in [2.24, 2.45) is 0 Å². The summed E-state index contributed by atoms with van der Waals surface area (Å²) in [5, 5.41) is 34.5. The minimum Gasteiger partial charge on any atom is -0.497 e. The third-order valence-electron chi connectivity index (χ3n) is 10.3. The number of aromatic nitrogens is 5. The van der Waals surface area contributed by atoms with Gasteiger partial charge < -0.3 is 50.4 Å². The van der Waals surface area contributed by atoms with Gasteiger partial charge in [0.05, 0.1) is 32.6 Å². The summed E-state index contributed by atoms with van der Waals surface area (Å²) in [6.45, 7) is 3.21. The molecule has 4 heterocycles. The summed E-state index contributed by atoms with van der Waals surface area (Å²) >= 11 is 0. The number of methoxy groups -OCH3 is 2. The Morgan fingerprint density at radius 3 is 2.22 bits per heavy atom. The molecule has 0 bridgehead atoms. The van der Waals surface area contributed by atoms with Crippen molar-refractivity contribution in [3.8, 4) is 11.5 Å². The van der Waals surface area contributed by atoms with E-state index in [1.807, 2.05) is 53.4 Å². The van der Waals surface area contributed by atoms with Crippen LogP contribution < -0.4 is 35.6 Å². The topological polar surface area (TPSA) is 201 Å². The summed E-state index contributed by atoms with van der Waals surface area (Å²) < 4.78 is 12.6. The van der Waals surface area contributed by atoms with Gasteiger partial charge in [0.25, 0.3) is 0 Å². The molecule has 0 unspecified atom stereocenters. The van der Waals surface area contributed by atoms with Gasteiger partial charge in [0.2, 0.25) is 11.9 Å². The number of benzene rings is 2. The first-order valence-corrected chi connectivity index (χ1v) is 18.4. The Bertz CT molecular complexity index is 2030. The number of nitrogens with zero attached hydrogens (tertiary/aromatic N) is 6. The zero-order valence-corrected chi connectivity index (χ0v) is 30.9. The molecule has 0 radical (unpaired) electrons. The Labute approximate surface area is 318 Å². The van der Waals surface area contributed by atoms with E-state index in [9.17, 15) is 19.8 Å². The molecule has 2 aliphatic rings. The zero-order valence-electron chi connectivity index (χ0n) is 30.9. The van der Waals surface area contributed by atoms with Gasteiger partial charge in [-0.1, -0.05) is 31.2 Å². The molecule has 5 aromatic rings. The second-order valence-electron chi connectivity index (χ2n) is 13.8. The summed E-state index contributed by atoms with van der Waals surface area (Å²) in [4.78, 5) is 45.8. The summed E-state index contributed by atoms with van der Waals surface area (Å²) in [6, 6.07) is 17.6. The molecular formula is C39H46N10O6. The minimum atomic E-state index is -1.18. The van der Waals surface area contributed by atoms with Gasteiger partial charge in [-0.3, -0.25) is 9.78 Å². The normalized spacial score (nSPS) is 20.8. The molecule has 7 rings (SSSR count). The number of fused-ring (bicyclic) bond motifs is 1. The van der Waals surface area contributed by atoms with Crippen LogP contribution in [-0.2, 0) is 4.79 Å². The van der Waals surface area contributed by atoms with E-state index in [0.717, 1.165) is 22.6 Å². The largest absolute Gasteiger partial charge is 0.497 e. The Morgan fingerprint density at radius 1 is 0.909 bits per heavy atom. The smallest absolute Gasteiger partial charge is 0.319 e. The monoisotopic (exact) mass is 750 g/mol. The van der Waals surface area contributed by atoms with Gasteiger partial charge in [-0.15, -0.1) is 0 Å². The number of carbonyl (C=O) groups excluding carboxylic acids is 2. The lowest BCUT2D eigenvalue weighted by atomic mass is 9.91. The number of amides is 3. The fraction of sp³-hybridized carbons (Fsp3) is 0.385. The predicted octanol–water partition coefficient (Wildman–Crippen LogP) is 3.44. The molecule has 16 nitrogen and oxygen atoms in total. The van der Waals surface area contributed by atoms with Crippen molar-refractivity contribution in [1.82, 2.24) is 35.1 Å². The molecule has 0 spiro atoms. The molecule has 55 heavy (non-hydrogen) atoms. The minimum absolute atomic E-state index is 0.110. The highest BCUT2D eigenvalue weighted by molar-refractivity contribution is 5.89. The molecule has 1 aliphatic heterocycles.